The quantitative estimate of drug-likeness (QED) is 0.639. The van der Waals surface area contributed by atoms with Crippen LogP contribution in [0.2, 0.25) is 0 Å². The van der Waals surface area contributed by atoms with Crippen molar-refractivity contribution in [2.24, 2.45) is 0 Å². The minimum atomic E-state index is 0.693. The van der Waals surface area contributed by atoms with Gasteiger partial charge in [0.25, 0.3) is 0 Å². The molecule has 0 spiro atoms. The van der Waals surface area contributed by atoms with E-state index in [0.717, 1.165) is 9.37 Å². The maximum Gasteiger partial charge on any atom is 0.0991 e. The molecule has 0 saturated heterocycles. The zero-order chi connectivity index (χ0) is 12.3. The van der Waals surface area contributed by atoms with Crippen molar-refractivity contribution in [2.45, 2.75) is 9.79 Å². The highest BCUT2D eigenvalue weighted by atomic mass is 127. The molecule has 0 unspecified atom stereocenters. The molecule has 0 fully saturated rings. The van der Waals surface area contributed by atoms with Crippen molar-refractivity contribution in [1.29, 1.82) is 5.26 Å². The van der Waals surface area contributed by atoms with E-state index in [4.69, 9.17) is 5.26 Å². The molecule has 17 heavy (non-hydrogen) atoms. The molecule has 2 rings (SSSR count). The predicted octanol–water partition coefficient (Wildman–Crippen LogP) is 5.08. The van der Waals surface area contributed by atoms with Crippen molar-refractivity contribution in [2.75, 3.05) is 0 Å². The van der Waals surface area contributed by atoms with Crippen LogP contribution >= 0.6 is 50.3 Å². The van der Waals surface area contributed by atoms with E-state index in [2.05, 4.69) is 62.8 Å². The second kappa shape index (κ2) is 5.89. The highest BCUT2D eigenvalue weighted by molar-refractivity contribution is 14.1. The van der Waals surface area contributed by atoms with Crippen LogP contribution in [0.3, 0.4) is 0 Å². The number of benzene rings is 2. The molecule has 0 saturated carbocycles. The standard InChI is InChI=1S/C13H7BrINS/c14-12-7-11(5-6-13(12)15)17-10-3-1-9(8-16)2-4-10/h1-7H. The average molecular weight is 416 g/mol. The van der Waals surface area contributed by atoms with E-state index in [-0.39, 0.29) is 0 Å². The predicted molar refractivity (Wildman–Crippen MR) is 82.1 cm³/mol. The Morgan fingerprint density at radius 3 is 2.29 bits per heavy atom. The molecule has 0 aromatic heterocycles. The zero-order valence-corrected chi connectivity index (χ0v) is 13.2. The van der Waals surface area contributed by atoms with Gasteiger partial charge in [0.15, 0.2) is 0 Å². The van der Waals surface area contributed by atoms with E-state index in [0.29, 0.717) is 5.56 Å². The van der Waals surface area contributed by atoms with E-state index in [1.165, 1.54) is 8.47 Å². The third kappa shape index (κ3) is 3.47. The maximum atomic E-state index is 8.72. The second-order valence-corrected chi connectivity index (χ2v) is 6.48. The van der Waals surface area contributed by atoms with Crippen molar-refractivity contribution in [1.82, 2.24) is 0 Å². The first-order valence-electron chi connectivity index (χ1n) is 4.82. The van der Waals surface area contributed by atoms with Gasteiger partial charge in [-0.25, -0.2) is 0 Å². The summed E-state index contributed by atoms with van der Waals surface area (Å²) in [6, 6.07) is 16.0. The fraction of sp³-hybridized carbons (Fsp3) is 0. The highest BCUT2D eigenvalue weighted by Crippen LogP contribution is 2.31. The number of halogens is 2. The summed E-state index contributed by atoms with van der Waals surface area (Å²) in [6.07, 6.45) is 0. The lowest BCUT2D eigenvalue weighted by molar-refractivity contribution is 1.37. The van der Waals surface area contributed by atoms with E-state index in [9.17, 15) is 0 Å². The van der Waals surface area contributed by atoms with Crippen LogP contribution in [0.5, 0.6) is 0 Å². The molecule has 1 nitrogen and oxygen atoms in total. The van der Waals surface area contributed by atoms with Gasteiger partial charge < -0.3 is 0 Å². The number of hydrogen-bond donors (Lipinski definition) is 0. The first kappa shape index (κ1) is 12.9. The molecule has 2 aromatic rings. The Bertz CT molecular complexity index is 575. The van der Waals surface area contributed by atoms with Gasteiger partial charge in [0, 0.05) is 17.8 Å². The van der Waals surface area contributed by atoms with Gasteiger partial charge in [-0.3, -0.25) is 0 Å². The summed E-state index contributed by atoms with van der Waals surface area (Å²) in [5, 5.41) is 8.72. The smallest absolute Gasteiger partial charge is 0.0991 e. The first-order chi connectivity index (χ1) is 8.19. The van der Waals surface area contributed by atoms with Gasteiger partial charge in [0.1, 0.15) is 0 Å². The Balaban J connectivity index is 2.20. The molecule has 0 heterocycles. The minimum absolute atomic E-state index is 0.693. The largest absolute Gasteiger partial charge is 0.192 e. The summed E-state index contributed by atoms with van der Waals surface area (Å²) in [6.45, 7) is 0. The molecule has 0 aliphatic rings. The molecule has 0 amide bonds. The monoisotopic (exact) mass is 415 g/mol. The van der Waals surface area contributed by atoms with E-state index >= 15 is 0 Å². The van der Waals surface area contributed by atoms with Gasteiger partial charge in [-0.15, -0.1) is 0 Å². The molecule has 0 aliphatic carbocycles. The summed E-state index contributed by atoms with van der Waals surface area (Å²) in [7, 11) is 0. The molecular weight excluding hydrogens is 409 g/mol. The normalized spacial score (nSPS) is 9.94. The van der Waals surface area contributed by atoms with Crippen LogP contribution in [0.25, 0.3) is 0 Å². The van der Waals surface area contributed by atoms with Crippen LogP contribution in [0, 0.1) is 14.9 Å². The van der Waals surface area contributed by atoms with Crippen molar-refractivity contribution in [3.8, 4) is 6.07 Å². The second-order valence-electron chi connectivity index (χ2n) is 3.31. The van der Waals surface area contributed by atoms with Crippen LogP contribution < -0.4 is 0 Å². The molecule has 0 bridgehead atoms. The third-order valence-corrected chi connectivity index (χ3v) is 5.45. The fourth-order valence-corrected chi connectivity index (χ4v) is 3.00. The summed E-state index contributed by atoms with van der Waals surface area (Å²) in [5.74, 6) is 0. The van der Waals surface area contributed by atoms with Crippen LogP contribution in [-0.2, 0) is 0 Å². The Morgan fingerprint density at radius 1 is 1.06 bits per heavy atom. The lowest BCUT2D eigenvalue weighted by atomic mass is 10.2. The van der Waals surface area contributed by atoms with Crippen molar-refractivity contribution in [3.05, 3.63) is 56.1 Å². The van der Waals surface area contributed by atoms with Crippen molar-refractivity contribution < 1.29 is 0 Å². The summed E-state index contributed by atoms with van der Waals surface area (Å²) in [4.78, 5) is 2.32. The molecule has 0 aliphatic heterocycles. The number of rotatable bonds is 2. The van der Waals surface area contributed by atoms with Crippen LogP contribution in [0.4, 0.5) is 0 Å². The van der Waals surface area contributed by atoms with E-state index < -0.39 is 0 Å². The van der Waals surface area contributed by atoms with Gasteiger partial charge in [0.2, 0.25) is 0 Å². The first-order valence-corrected chi connectivity index (χ1v) is 7.51. The Kier molecular flexibility index (Phi) is 4.48. The number of nitriles is 1. The number of nitrogens with zero attached hydrogens (tertiary/aromatic N) is 1. The Labute approximate surface area is 126 Å². The van der Waals surface area contributed by atoms with Crippen molar-refractivity contribution in [3.63, 3.8) is 0 Å². The summed E-state index contributed by atoms with van der Waals surface area (Å²) in [5.41, 5.74) is 0.693. The summed E-state index contributed by atoms with van der Waals surface area (Å²) < 4.78 is 2.31. The van der Waals surface area contributed by atoms with Gasteiger partial charge >= 0.3 is 0 Å². The van der Waals surface area contributed by atoms with Crippen molar-refractivity contribution >= 4 is 50.3 Å². The average Bonchev–Trinajstić information content (AvgIpc) is 2.35. The lowest BCUT2D eigenvalue weighted by Gasteiger charge is -2.03. The van der Waals surface area contributed by atoms with Gasteiger partial charge in [-0.2, -0.15) is 5.26 Å². The van der Waals surface area contributed by atoms with Crippen LogP contribution in [0.1, 0.15) is 5.56 Å². The summed E-state index contributed by atoms with van der Waals surface area (Å²) >= 11 is 7.49. The molecule has 0 radical (unpaired) electrons. The molecule has 0 atom stereocenters. The van der Waals surface area contributed by atoms with Gasteiger partial charge in [-0.05, 0) is 81.0 Å². The van der Waals surface area contributed by atoms with E-state index in [1.54, 1.807) is 11.8 Å². The number of hydrogen-bond acceptors (Lipinski definition) is 2. The minimum Gasteiger partial charge on any atom is -0.192 e. The molecule has 4 heteroatoms. The topological polar surface area (TPSA) is 23.8 Å². The molecule has 84 valence electrons. The van der Waals surface area contributed by atoms with Gasteiger partial charge in [-0.1, -0.05) is 11.8 Å². The fourth-order valence-electron chi connectivity index (χ4n) is 1.27. The van der Waals surface area contributed by atoms with Crippen LogP contribution in [0.15, 0.2) is 56.7 Å². The zero-order valence-electron chi connectivity index (χ0n) is 8.65. The SMILES string of the molecule is N#Cc1ccc(Sc2ccc(I)c(Br)c2)cc1. The lowest BCUT2D eigenvalue weighted by Crippen LogP contribution is -1.78. The third-order valence-electron chi connectivity index (χ3n) is 2.11. The Hall–Kier alpha value is -0.510. The maximum absolute atomic E-state index is 8.72. The Morgan fingerprint density at radius 2 is 1.71 bits per heavy atom. The molecular formula is C13H7BrINS. The highest BCUT2D eigenvalue weighted by Gasteiger charge is 2.01. The molecule has 2 aromatic carbocycles. The van der Waals surface area contributed by atoms with E-state index in [1.807, 2.05) is 24.3 Å². The molecule has 0 N–H and O–H groups in total. The van der Waals surface area contributed by atoms with Gasteiger partial charge in [0.05, 0.1) is 11.6 Å². The van der Waals surface area contributed by atoms with Crippen LogP contribution in [-0.4, -0.2) is 0 Å².